The van der Waals surface area contributed by atoms with Crippen LogP contribution in [0, 0.1) is 13.8 Å². The molecule has 0 spiro atoms. The summed E-state index contributed by atoms with van der Waals surface area (Å²) in [5.41, 5.74) is 5.24. The second-order valence-corrected chi connectivity index (χ2v) is 11.7. The molecule has 2 fully saturated rings. The van der Waals surface area contributed by atoms with Crippen molar-refractivity contribution >= 4 is 45.0 Å². The molecule has 4 aromatic rings. The standard InChI is InChI=1S/C32H31N3O3S/c1-20-8-11-23(12-9-20)31(37)34(24-6-4-3-5-7-24)27-19-29(36)35(32(27)38)25-15-13-22(14-16-25)30-33-26-17-10-21(2)18-28(26)39-30/h8-18,24,27H,3-7,19H2,1-2H3. The van der Waals surface area contributed by atoms with E-state index in [0.717, 1.165) is 58.5 Å². The van der Waals surface area contributed by atoms with Gasteiger partial charge >= 0.3 is 0 Å². The number of benzene rings is 3. The molecule has 0 N–H and O–H groups in total. The molecule has 1 saturated heterocycles. The number of hydrogen-bond acceptors (Lipinski definition) is 5. The molecule has 3 aromatic carbocycles. The van der Waals surface area contributed by atoms with Crippen molar-refractivity contribution in [2.75, 3.05) is 4.90 Å². The zero-order valence-electron chi connectivity index (χ0n) is 22.2. The SMILES string of the molecule is Cc1ccc(C(=O)N(C2CCCCC2)C2CC(=O)N(c3ccc(-c4nc5ccc(C)cc5s4)cc3)C2=O)cc1. The molecule has 2 heterocycles. The number of fused-ring (bicyclic) bond motifs is 1. The van der Waals surface area contributed by atoms with Crippen molar-refractivity contribution < 1.29 is 14.4 Å². The highest BCUT2D eigenvalue weighted by molar-refractivity contribution is 7.21. The lowest BCUT2D eigenvalue weighted by Gasteiger charge is -2.37. The maximum atomic E-state index is 13.8. The van der Waals surface area contributed by atoms with Crippen LogP contribution in [0.4, 0.5) is 5.69 Å². The zero-order valence-corrected chi connectivity index (χ0v) is 23.0. The van der Waals surface area contributed by atoms with Crippen LogP contribution in [-0.4, -0.2) is 39.7 Å². The summed E-state index contributed by atoms with van der Waals surface area (Å²) in [4.78, 5) is 48.5. The minimum atomic E-state index is -0.790. The van der Waals surface area contributed by atoms with E-state index < -0.39 is 6.04 Å². The van der Waals surface area contributed by atoms with Gasteiger partial charge in [-0.3, -0.25) is 14.4 Å². The Bertz CT molecular complexity index is 1550. The van der Waals surface area contributed by atoms with Crippen LogP contribution in [0.1, 0.15) is 60.0 Å². The van der Waals surface area contributed by atoms with Crippen molar-refractivity contribution in [3.8, 4) is 10.6 Å². The average Bonchev–Trinajstić information content (AvgIpc) is 3.49. The number of amides is 3. The van der Waals surface area contributed by atoms with E-state index in [4.69, 9.17) is 4.98 Å². The Kier molecular flexibility index (Phi) is 6.77. The number of thiazole rings is 1. The van der Waals surface area contributed by atoms with Crippen LogP contribution < -0.4 is 4.90 Å². The fourth-order valence-electron chi connectivity index (χ4n) is 5.78. The highest BCUT2D eigenvalue weighted by Crippen LogP contribution is 2.35. The van der Waals surface area contributed by atoms with Gasteiger partial charge in [-0.05, 0) is 80.8 Å². The quantitative estimate of drug-likeness (QED) is 0.266. The summed E-state index contributed by atoms with van der Waals surface area (Å²) in [7, 11) is 0. The Hall–Kier alpha value is -3.84. The van der Waals surface area contributed by atoms with Crippen molar-refractivity contribution in [1.29, 1.82) is 0 Å². The van der Waals surface area contributed by atoms with Crippen LogP contribution in [-0.2, 0) is 9.59 Å². The first-order valence-electron chi connectivity index (χ1n) is 13.6. The molecule has 0 bridgehead atoms. The second kappa shape index (κ2) is 10.4. The van der Waals surface area contributed by atoms with E-state index in [-0.39, 0.29) is 30.2 Å². The lowest BCUT2D eigenvalue weighted by Crippen LogP contribution is -2.51. The smallest absolute Gasteiger partial charge is 0.257 e. The predicted octanol–water partition coefficient (Wildman–Crippen LogP) is 6.69. The predicted molar refractivity (Wildman–Crippen MR) is 155 cm³/mol. The minimum absolute atomic E-state index is 0.00586. The third-order valence-corrected chi connectivity index (χ3v) is 8.94. The van der Waals surface area contributed by atoms with Crippen LogP contribution >= 0.6 is 11.3 Å². The molecule has 6 rings (SSSR count). The van der Waals surface area contributed by atoms with Gasteiger partial charge in [0, 0.05) is 17.2 Å². The van der Waals surface area contributed by atoms with E-state index >= 15 is 0 Å². The van der Waals surface area contributed by atoms with Crippen LogP contribution in [0.25, 0.3) is 20.8 Å². The molecule has 39 heavy (non-hydrogen) atoms. The van der Waals surface area contributed by atoms with E-state index in [0.29, 0.717) is 11.3 Å². The number of aryl methyl sites for hydroxylation is 2. The largest absolute Gasteiger partial charge is 0.323 e. The number of carbonyl (C=O) groups excluding carboxylic acids is 3. The summed E-state index contributed by atoms with van der Waals surface area (Å²) in [5, 5.41) is 0.895. The first-order valence-corrected chi connectivity index (χ1v) is 14.4. The van der Waals surface area contributed by atoms with Gasteiger partial charge in [0.1, 0.15) is 11.0 Å². The third-order valence-electron chi connectivity index (χ3n) is 7.88. The lowest BCUT2D eigenvalue weighted by molar-refractivity contribution is -0.123. The lowest BCUT2D eigenvalue weighted by atomic mass is 9.92. The van der Waals surface area contributed by atoms with Gasteiger partial charge in [0.2, 0.25) is 5.91 Å². The summed E-state index contributed by atoms with van der Waals surface area (Å²) < 4.78 is 1.13. The molecule has 198 valence electrons. The topological polar surface area (TPSA) is 70.6 Å². The second-order valence-electron chi connectivity index (χ2n) is 10.7. The van der Waals surface area contributed by atoms with Gasteiger partial charge < -0.3 is 4.90 Å². The maximum Gasteiger partial charge on any atom is 0.257 e. The Morgan fingerprint density at radius 3 is 2.31 bits per heavy atom. The molecule has 1 aliphatic carbocycles. The van der Waals surface area contributed by atoms with Gasteiger partial charge in [0.05, 0.1) is 22.3 Å². The first kappa shape index (κ1) is 25.4. The Labute approximate surface area is 232 Å². The summed E-state index contributed by atoms with van der Waals surface area (Å²) in [6, 6.07) is 20.2. The molecule has 0 radical (unpaired) electrons. The summed E-state index contributed by atoms with van der Waals surface area (Å²) in [6.07, 6.45) is 4.89. The third kappa shape index (κ3) is 4.87. The number of carbonyl (C=O) groups is 3. The van der Waals surface area contributed by atoms with E-state index in [1.54, 1.807) is 28.4 Å². The fraction of sp³-hybridized carbons (Fsp3) is 0.312. The minimum Gasteiger partial charge on any atom is -0.323 e. The van der Waals surface area contributed by atoms with Crippen molar-refractivity contribution in [1.82, 2.24) is 9.88 Å². The molecular formula is C32H31N3O3S. The molecule has 2 aliphatic rings. The molecule has 1 saturated carbocycles. The zero-order chi connectivity index (χ0) is 27.1. The maximum absolute atomic E-state index is 13.8. The number of nitrogens with zero attached hydrogens (tertiary/aromatic N) is 3. The van der Waals surface area contributed by atoms with Gasteiger partial charge in [0.25, 0.3) is 11.8 Å². The highest BCUT2D eigenvalue weighted by atomic mass is 32.1. The molecule has 3 amide bonds. The highest BCUT2D eigenvalue weighted by Gasteiger charge is 2.46. The molecule has 1 atom stereocenters. The molecule has 1 unspecified atom stereocenters. The molecule has 1 aromatic heterocycles. The number of rotatable bonds is 5. The monoisotopic (exact) mass is 537 g/mol. The van der Waals surface area contributed by atoms with Gasteiger partial charge in [-0.1, -0.05) is 43.0 Å². The van der Waals surface area contributed by atoms with E-state index in [1.165, 1.54) is 10.5 Å². The Morgan fingerprint density at radius 2 is 1.59 bits per heavy atom. The average molecular weight is 538 g/mol. The first-order chi connectivity index (χ1) is 18.9. The number of imide groups is 1. The molecule has 1 aliphatic heterocycles. The van der Waals surface area contributed by atoms with Gasteiger partial charge in [-0.2, -0.15) is 0 Å². The number of anilines is 1. The van der Waals surface area contributed by atoms with Gasteiger partial charge in [-0.15, -0.1) is 11.3 Å². The number of hydrogen-bond donors (Lipinski definition) is 0. The number of aromatic nitrogens is 1. The van der Waals surface area contributed by atoms with Crippen molar-refractivity contribution in [3.63, 3.8) is 0 Å². The van der Waals surface area contributed by atoms with Gasteiger partial charge in [0.15, 0.2) is 0 Å². The molecule has 6 nitrogen and oxygen atoms in total. The van der Waals surface area contributed by atoms with Crippen LogP contribution in [0.15, 0.2) is 66.7 Å². The van der Waals surface area contributed by atoms with E-state index in [1.807, 2.05) is 49.4 Å². The van der Waals surface area contributed by atoms with Crippen LogP contribution in [0.2, 0.25) is 0 Å². The fourth-order valence-corrected chi connectivity index (χ4v) is 6.85. The summed E-state index contributed by atoms with van der Waals surface area (Å²) >= 11 is 1.62. The normalized spacial score (nSPS) is 18.2. The van der Waals surface area contributed by atoms with E-state index in [2.05, 4.69) is 19.1 Å². The molecule has 7 heteroatoms. The van der Waals surface area contributed by atoms with E-state index in [9.17, 15) is 14.4 Å². The molecular weight excluding hydrogens is 506 g/mol. The van der Waals surface area contributed by atoms with Crippen LogP contribution in [0.5, 0.6) is 0 Å². The van der Waals surface area contributed by atoms with Gasteiger partial charge in [-0.25, -0.2) is 9.88 Å². The van der Waals surface area contributed by atoms with Crippen molar-refractivity contribution in [3.05, 3.63) is 83.4 Å². The Balaban J connectivity index is 1.28. The van der Waals surface area contributed by atoms with Crippen molar-refractivity contribution in [2.45, 2.75) is 64.5 Å². The van der Waals surface area contributed by atoms with Crippen molar-refractivity contribution in [2.24, 2.45) is 0 Å². The summed E-state index contributed by atoms with van der Waals surface area (Å²) in [6.45, 7) is 4.04. The summed E-state index contributed by atoms with van der Waals surface area (Å²) in [5.74, 6) is -0.767. The van der Waals surface area contributed by atoms with Crippen LogP contribution in [0.3, 0.4) is 0 Å². The Morgan fingerprint density at radius 1 is 0.897 bits per heavy atom.